The van der Waals surface area contributed by atoms with Crippen LogP contribution < -0.4 is 0 Å². The summed E-state index contributed by atoms with van der Waals surface area (Å²) in [6.07, 6.45) is 2.70. The van der Waals surface area contributed by atoms with Crippen LogP contribution in [0.5, 0.6) is 0 Å². The minimum absolute atomic E-state index is 0. The second kappa shape index (κ2) is 10.4. The molecule has 0 saturated heterocycles. The Morgan fingerprint density at radius 2 is 1.54 bits per heavy atom. The first kappa shape index (κ1) is 19.0. The molecular formula is C11H22OW. The van der Waals surface area contributed by atoms with Gasteiger partial charge in [-0.15, -0.1) is 6.42 Å². The molecular weight excluding hydrogens is 332 g/mol. The summed E-state index contributed by atoms with van der Waals surface area (Å²) in [5, 5.41) is 0. The van der Waals surface area contributed by atoms with Crippen molar-refractivity contribution in [2.75, 3.05) is 0 Å². The molecule has 0 amide bonds. The normalized spacial score (nSPS) is 9.38. The van der Waals surface area contributed by atoms with Gasteiger partial charge in [-0.1, -0.05) is 27.2 Å². The van der Waals surface area contributed by atoms with E-state index in [4.69, 9.17) is 0 Å². The molecule has 0 aromatic rings. The molecule has 0 N–H and O–H groups in total. The van der Waals surface area contributed by atoms with Crippen molar-refractivity contribution in [1.82, 2.24) is 0 Å². The molecule has 0 saturated carbocycles. The molecule has 0 aromatic heterocycles. The van der Waals surface area contributed by atoms with E-state index in [0.717, 1.165) is 6.42 Å². The zero-order valence-electron chi connectivity index (χ0n) is 9.35. The van der Waals surface area contributed by atoms with Crippen LogP contribution in [0.3, 0.4) is 0 Å². The van der Waals surface area contributed by atoms with E-state index >= 15 is 0 Å². The van der Waals surface area contributed by atoms with Gasteiger partial charge in [-0.2, -0.15) is 6.42 Å². The molecule has 0 radical (unpaired) electrons. The average Bonchev–Trinajstić information content (AvgIpc) is 1.86. The van der Waals surface area contributed by atoms with Gasteiger partial charge in [0.15, 0.2) is 0 Å². The van der Waals surface area contributed by atoms with E-state index in [2.05, 4.69) is 34.6 Å². The molecule has 0 spiro atoms. The van der Waals surface area contributed by atoms with E-state index in [1.807, 2.05) is 0 Å². The summed E-state index contributed by atoms with van der Waals surface area (Å²) in [5.74, 6) is 0.144. The minimum atomic E-state index is 0. The topological polar surface area (TPSA) is 17.1 Å². The van der Waals surface area contributed by atoms with Crippen molar-refractivity contribution in [2.24, 2.45) is 5.41 Å². The maximum Gasteiger partial charge on any atom is 2.00 e. The van der Waals surface area contributed by atoms with Crippen LogP contribution in [0.15, 0.2) is 0 Å². The maximum atomic E-state index is 9.75. The molecule has 0 fully saturated rings. The van der Waals surface area contributed by atoms with E-state index in [1.165, 1.54) is 13.3 Å². The molecule has 0 atom stereocenters. The van der Waals surface area contributed by atoms with Crippen molar-refractivity contribution < 1.29 is 25.9 Å². The number of hydrogen-bond donors (Lipinski definition) is 0. The van der Waals surface area contributed by atoms with Crippen LogP contribution in [0, 0.1) is 19.3 Å². The van der Waals surface area contributed by atoms with Crippen molar-refractivity contribution in [3.8, 4) is 0 Å². The summed E-state index contributed by atoms with van der Waals surface area (Å²) in [6, 6.07) is 0. The fourth-order valence-corrected chi connectivity index (χ4v) is 0.530. The zero-order chi connectivity index (χ0) is 10.2. The van der Waals surface area contributed by atoms with Gasteiger partial charge in [0.25, 0.3) is 0 Å². The second-order valence-electron chi connectivity index (χ2n) is 4.12. The Hall–Kier alpha value is 0.358. The van der Waals surface area contributed by atoms with Crippen LogP contribution in [0.1, 0.15) is 47.0 Å². The van der Waals surface area contributed by atoms with Crippen molar-refractivity contribution >= 4 is 5.78 Å². The van der Waals surface area contributed by atoms with Gasteiger partial charge in [-0.3, -0.25) is 0 Å². The smallest absolute Gasteiger partial charge is 0.343 e. The molecule has 0 aromatic carbocycles. The Morgan fingerprint density at radius 1 is 1.23 bits per heavy atom. The standard InChI is InChI=1S/C7H15.C4H7O.W/c1-5-6-7(2,3)4;1-3-4(2)5;/h1,5-6H2,2-4H3;1,3H2,2H3;/q2*-1;+2. The van der Waals surface area contributed by atoms with Gasteiger partial charge in [-0.25, -0.2) is 0 Å². The third kappa shape index (κ3) is 32.8. The van der Waals surface area contributed by atoms with E-state index in [9.17, 15) is 4.79 Å². The SMILES string of the molecule is [CH2-]CC(C)=O.[CH2-]CCC(C)(C)C.[W+2]. The molecule has 78 valence electrons. The summed E-state index contributed by atoms with van der Waals surface area (Å²) >= 11 is 0. The number of carbonyl (C=O) groups excluding carboxylic acids is 1. The van der Waals surface area contributed by atoms with E-state index in [0.29, 0.717) is 11.8 Å². The molecule has 0 unspecified atom stereocenters. The summed E-state index contributed by atoms with van der Waals surface area (Å²) in [5.41, 5.74) is 0.488. The van der Waals surface area contributed by atoms with Crippen molar-refractivity contribution in [1.29, 1.82) is 0 Å². The third-order valence-electron chi connectivity index (χ3n) is 1.28. The Bertz CT molecular complexity index is 114. The van der Waals surface area contributed by atoms with Gasteiger partial charge in [0.2, 0.25) is 0 Å². The molecule has 0 rings (SSSR count). The average molecular weight is 354 g/mol. The minimum Gasteiger partial charge on any atom is -0.343 e. The predicted molar refractivity (Wildman–Crippen MR) is 54.7 cm³/mol. The molecule has 1 nitrogen and oxygen atoms in total. The summed E-state index contributed by atoms with van der Waals surface area (Å²) in [7, 11) is 0. The summed E-state index contributed by atoms with van der Waals surface area (Å²) in [6.45, 7) is 15.3. The zero-order valence-corrected chi connectivity index (χ0v) is 12.3. The van der Waals surface area contributed by atoms with Crippen LogP contribution in [0.2, 0.25) is 0 Å². The first-order chi connectivity index (χ1) is 5.33. The van der Waals surface area contributed by atoms with Crippen LogP contribution in [-0.4, -0.2) is 5.78 Å². The van der Waals surface area contributed by atoms with Gasteiger partial charge in [0, 0.05) is 0 Å². The number of hydrogen-bond acceptors (Lipinski definition) is 1. The first-order valence-corrected chi connectivity index (χ1v) is 4.41. The van der Waals surface area contributed by atoms with Crippen molar-refractivity contribution in [3.05, 3.63) is 13.8 Å². The maximum absolute atomic E-state index is 9.75. The predicted octanol–water partition coefficient (Wildman–Crippen LogP) is 3.44. The molecule has 0 heterocycles. The second-order valence-corrected chi connectivity index (χ2v) is 4.12. The van der Waals surface area contributed by atoms with Crippen molar-refractivity contribution in [3.63, 3.8) is 0 Å². The Morgan fingerprint density at radius 3 is 1.54 bits per heavy atom. The van der Waals surface area contributed by atoms with E-state index < -0.39 is 0 Å². The Kier molecular flexibility index (Phi) is 15.3. The van der Waals surface area contributed by atoms with Crippen LogP contribution in [0.4, 0.5) is 0 Å². The monoisotopic (exact) mass is 354 g/mol. The fourth-order valence-electron chi connectivity index (χ4n) is 0.530. The van der Waals surface area contributed by atoms with Crippen LogP contribution in [0.25, 0.3) is 0 Å². The molecule has 0 aliphatic heterocycles. The molecule has 13 heavy (non-hydrogen) atoms. The van der Waals surface area contributed by atoms with Crippen LogP contribution in [-0.2, 0) is 25.9 Å². The number of ketones is 1. The fraction of sp³-hybridized carbons (Fsp3) is 0.727. The number of rotatable bonds is 2. The van der Waals surface area contributed by atoms with Gasteiger partial charge < -0.3 is 18.6 Å². The molecule has 0 aliphatic rings. The Labute approximate surface area is 97.9 Å². The van der Waals surface area contributed by atoms with E-state index in [1.54, 1.807) is 0 Å². The molecule has 0 aliphatic carbocycles. The molecule has 0 bridgehead atoms. The largest absolute Gasteiger partial charge is 2.00 e. The van der Waals surface area contributed by atoms with Gasteiger partial charge >= 0.3 is 21.1 Å². The third-order valence-corrected chi connectivity index (χ3v) is 1.28. The number of carbonyl (C=O) groups is 1. The van der Waals surface area contributed by atoms with Crippen LogP contribution >= 0.6 is 0 Å². The summed E-state index contributed by atoms with van der Waals surface area (Å²) < 4.78 is 0. The van der Waals surface area contributed by atoms with Crippen molar-refractivity contribution in [2.45, 2.75) is 47.0 Å². The number of Topliss-reactive ketones (excluding diaryl/α,β-unsaturated/α-hetero) is 1. The van der Waals surface area contributed by atoms with Gasteiger partial charge in [0.05, 0.1) is 5.78 Å². The van der Waals surface area contributed by atoms with Gasteiger partial charge in [0.1, 0.15) is 0 Å². The molecule has 2 heteroatoms. The first-order valence-electron chi connectivity index (χ1n) is 4.41. The summed E-state index contributed by atoms with van der Waals surface area (Å²) in [4.78, 5) is 9.75. The quantitative estimate of drug-likeness (QED) is 0.695. The Balaban J connectivity index is -0.000000150. The van der Waals surface area contributed by atoms with E-state index in [-0.39, 0.29) is 26.8 Å². The van der Waals surface area contributed by atoms with Gasteiger partial charge in [-0.05, 0) is 12.3 Å².